The SMILES string of the molecule is CN1CCN/C1=C(\C(Cl)=C(Cl)Cl)[N+](=O)[O-]. The molecule has 0 aliphatic carbocycles. The zero-order chi connectivity index (χ0) is 11.6. The molecular weight excluding hydrogens is 264 g/mol. The number of halogens is 3. The van der Waals surface area contributed by atoms with Crippen molar-refractivity contribution in [3.8, 4) is 0 Å². The largest absolute Gasteiger partial charge is 0.364 e. The second-order valence-electron chi connectivity index (χ2n) is 2.88. The van der Waals surface area contributed by atoms with Crippen molar-refractivity contribution in [1.82, 2.24) is 10.2 Å². The third-order valence-electron chi connectivity index (χ3n) is 1.90. The smallest absolute Gasteiger partial charge is 0.330 e. The number of allylic oxidation sites excluding steroid dienone is 1. The van der Waals surface area contributed by atoms with Crippen LogP contribution < -0.4 is 5.32 Å². The van der Waals surface area contributed by atoms with Gasteiger partial charge in [-0.1, -0.05) is 34.8 Å². The molecule has 1 saturated heterocycles. The number of likely N-dealkylation sites (N-methyl/N-ethyl adjacent to an activating group) is 1. The van der Waals surface area contributed by atoms with Crippen molar-refractivity contribution < 1.29 is 4.92 Å². The maximum atomic E-state index is 10.8. The first-order valence-electron chi connectivity index (χ1n) is 4.00. The van der Waals surface area contributed by atoms with Gasteiger partial charge in [0.05, 0.1) is 4.92 Å². The summed E-state index contributed by atoms with van der Waals surface area (Å²) in [4.78, 5) is 11.9. The lowest BCUT2D eigenvalue weighted by Gasteiger charge is -2.11. The predicted molar refractivity (Wildman–Crippen MR) is 59.2 cm³/mol. The van der Waals surface area contributed by atoms with Crippen LogP contribution in [0.3, 0.4) is 0 Å². The van der Waals surface area contributed by atoms with E-state index in [0.717, 1.165) is 0 Å². The normalized spacial score (nSPS) is 18.5. The highest BCUT2D eigenvalue weighted by Gasteiger charge is 2.29. The van der Waals surface area contributed by atoms with Crippen LogP contribution in [0.4, 0.5) is 0 Å². The van der Waals surface area contributed by atoms with Crippen molar-refractivity contribution in [2.45, 2.75) is 0 Å². The molecule has 1 fully saturated rings. The number of nitro groups is 1. The highest BCUT2D eigenvalue weighted by atomic mass is 35.5. The summed E-state index contributed by atoms with van der Waals surface area (Å²) in [7, 11) is 1.71. The molecule has 0 aromatic heterocycles. The molecule has 0 unspecified atom stereocenters. The van der Waals surface area contributed by atoms with Gasteiger partial charge in [0.25, 0.3) is 0 Å². The van der Waals surface area contributed by atoms with Gasteiger partial charge in [0, 0.05) is 20.1 Å². The van der Waals surface area contributed by atoms with Gasteiger partial charge in [-0.05, 0) is 0 Å². The van der Waals surface area contributed by atoms with E-state index in [0.29, 0.717) is 18.9 Å². The molecule has 1 rings (SSSR count). The molecule has 8 heteroatoms. The van der Waals surface area contributed by atoms with Crippen LogP contribution in [-0.2, 0) is 0 Å². The Bertz CT molecular complexity index is 349. The van der Waals surface area contributed by atoms with E-state index in [1.165, 1.54) is 0 Å². The molecule has 0 atom stereocenters. The summed E-state index contributed by atoms with van der Waals surface area (Å²) in [5.74, 6) is 0.323. The molecule has 1 aliphatic heterocycles. The number of hydrogen-bond acceptors (Lipinski definition) is 4. The molecule has 0 bridgehead atoms. The van der Waals surface area contributed by atoms with Crippen molar-refractivity contribution >= 4 is 34.8 Å². The van der Waals surface area contributed by atoms with Gasteiger partial charge in [-0.25, -0.2) is 0 Å². The molecule has 1 N–H and O–H groups in total. The highest BCUT2D eigenvalue weighted by Crippen LogP contribution is 2.28. The fourth-order valence-corrected chi connectivity index (χ4v) is 1.55. The van der Waals surface area contributed by atoms with Gasteiger partial charge in [0.2, 0.25) is 0 Å². The lowest BCUT2D eigenvalue weighted by molar-refractivity contribution is -0.422. The first-order valence-corrected chi connectivity index (χ1v) is 5.13. The summed E-state index contributed by atoms with van der Waals surface area (Å²) in [6.45, 7) is 1.28. The van der Waals surface area contributed by atoms with Crippen molar-refractivity contribution in [3.05, 3.63) is 31.2 Å². The Kier molecular flexibility index (Phi) is 4.07. The Morgan fingerprint density at radius 1 is 1.53 bits per heavy atom. The number of nitrogens with one attached hydrogen (secondary N) is 1. The van der Waals surface area contributed by atoms with Gasteiger partial charge in [0.1, 0.15) is 4.49 Å². The van der Waals surface area contributed by atoms with E-state index in [-0.39, 0.29) is 15.2 Å². The standard InChI is InChI=1S/C7H8Cl3N3O2/c1-12-3-2-11-7(12)5(13(14)15)4(8)6(9)10/h11H,2-3H2,1H3/b7-5-. The van der Waals surface area contributed by atoms with E-state index in [4.69, 9.17) is 34.8 Å². The van der Waals surface area contributed by atoms with Crippen LogP contribution in [0, 0.1) is 10.1 Å². The van der Waals surface area contributed by atoms with Crippen LogP contribution in [0.25, 0.3) is 0 Å². The molecule has 1 heterocycles. The summed E-state index contributed by atoms with van der Waals surface area (Å²) >= 11 is 16.5. The van der Waals surface area contributed by atoms with Gasteiger partial charge in [0.15, 0.2) is 10.9 Å². The monoisotopic (exact) mass is 271 g/mol. The Morgan fingerprint density at radius 3 is 2.47 bits per heavy atom. The third kappa shape index (κ3) is 2.68. The minimum atomic E-state index is -0.614. The summed E-state index contributed by atoms with van der Waals surface area (Å²) in [5.41, 5.74) is -0.309. The molecule has 5 nitrogen and oxygen atoms in total. The summed E-state index contributed by atoms with van der Waals surface area (Å²) in [5, 5.41) is 13.4. The lowest BCUT2D eigenvalue weighted by atomic mass is 10.4. The third-order valence-corrected chi connectivity index (χ3v) is 2.84. The maximum absolute atomic E-state index is 10.8. The van der Waals surface area contributed by atoms with Gasteiger partial charge in [-0.15, -0.1) is 0 Å². The minimum Gasteiger partial charge on any atom is -0.364 e. The van der Waals surface area contributed by atoms with Gasteiger partial charge < -0.3 is 10.2 Å². The molecule has 84 valence electrons. The first-order chi connectivity index (χ1) is 6.95. The molecule has 0 aromatic carbocycles. The van der Waals surface area contributed by atoms with Gasteiger partial charge in [-0.3, -0.25) is 10.1 Å². The van der Waals surface area contributed by atoms with Crippen LogP contribution in [0.5, 0.6) is 0 Å². The number of hydrogen-bond donors (Lipinski definition) is 1. The van der Waals surface area contributed by atoms with E-state index in [1.807, 2.05) is 0 Å². The van der Waals surface area contributed by atoms with Gasteiger partial charge >= 0.3 is 5.70 Å². The molecule has 1 aliphatic rings. The van der Waals surface area contributed by atoms with E-state index in [9.17, 15) is 10.1 Å². The Labute approximate surface area is 101 Å². The van der Waals surface area contributed by atoms with Crippen LogP contribution in [0.1, 0.15) is 0 Å². The zero-order valence-electron chi connectivity index (χ0n) is 7.76. The zero-order valence-corrected chi connectivity index (χ0v) is 10.0. The Hall–Kier alpha value is -0.650. The second-order valence-corrected chi connectivity index (χ2v) is 4.20. The number of nitrogens with zero attached hydrogens (tertiary/aromatic N) is 2. The van der Waals surface area contributed by atoms with Crippen LogP contribution in [0.2, 0.25) is 0 Å². The molecule has 15 heavy (non-hydrogen) atoms. The Morgan fingerprint density at radius 2 is 2.13 bits per heavy atom. The van der Waals surface area contributed by atoms with E-state index in [1.54, 1.807) is 11.9 Å². The average Bonchev–Trinajstić information content (AvgIpc) is 2.52. The molecular formula is C7H8Cl3N3O2. The van der Waals surface area contributed by atoms with E-state index in [2.05, 4.69) is 5.32 Å². The summed E-state index contributed by atoms with van der Waals surface area (Å²) in [6, 6.07) is 0. The quantitative estimate of drug-likeness (QED) is 0.616. The Balaban J connectivity index is 3.24. The fourth-order valence-electron chi connectivity index (χ4n) is 1.21. The summed E-state index contributed by atoms with van der Waals surface area (Å²) in [6.07, 6.45) is 0. The van der Waals surface area contributed by atoms with Crippen molar-refractivity contribution in [2.24, 2.45) is 0 Å². The predicted octanol–water partition coefficient (Wildman–Crippen LogP) is 1.85. The lowest BCUT2D eigenvalue weighted by Crippen LogP contribution is -2.20. The average molecular weight is 273 g/mol. The van der Waals surface area contributed by atoms with Crippen molar-refractivity contribution in [3.63, 3.8) is 0 Å². The summed E-state index contributed by atoms with van der Waals surface area (Å²) < 4.78 is -0.321. The van der Waals surface area contributed by atoms with E-state index >= 15 is 0 Å². The molecule has 0 amide bonds. The molecule has 0 radical (unpaired) electrons. The van der Waals surface area contributed by atoms with Crippen molar-refractivity contribution in [1.29, 1.82) is 0 Å². The first kappa shape index (κ1) is 12.4. The number of rotatable bonds is 2. The molecule has 0 saturated carbocycles. The van der Waals surface area contributed by atoms with Crippen LogP contribution in [0.15, 0.2) is 21.0 Å². The minimum absolute atomic E-state index is 0.264. The fraction of sp³-hybridized carbons (Fsp3) is 0.429. The van der Waals surface area contributed by atoms with Gasteiger partial charge in [-0.2, -0.15) is 0 Å². The van der Waals surface area contributed by atoms with Crippen molar-refractivity contribution in [2.75, 3.05) is 20.1 Å². The topological polar surface area (TPSA) is 58.4 Å². The van der Waals surface area contributed by atoms with E-state index < -0.39 is 4.92 Å². The van der Waals surface area contributed by atoms with Crippen LogP contribution >= 0.6 is 34.8 Å². The highest BCUT2D eigenvalue weighted by molar-refractivity contribution is 6.59. The van der Waals surface area contributed by atoms with Crippen LogP contribution in [-0.4, -0.2) is 30.0 Å². The second kappa shape index (κ2) is 4.92. The maximum Gasteiger partial charge on any atom is 0.330 e. The molecule has 0 aromatic rings. The molecule has 0 spiro atoms.